The molecule has 0 spiro atoms. The van der Waals surface area contributed by atoms with Gasteiger partial charge in [0.1, 0.15) is 0 Å². The van der Waals surface area contributed by atoms with Gasteiger partial charge in [0.2, 0.25) is 0 Å². The summed E-state index contributed by atoms with van der Waals surface area (Å²) in [5.41, 5.74) is 10.4. The van der Waals surface area contributed by atoms with Gasteiger partial charge in [0.25, 0.3) is 0 Å². The van der Waals surface area contributed by atoms with E-state index in [9.17, 15) is 9.59 Å². The van der Waals surface area contributed by atoms with E-state index in [4.69, 9.17) is 5.73 Å². The highest BCUT2D eigenvalue weighted by molar-refractivity contribution is 6.34. The smallest absolute Gasteiger partial charge is 0.329 e. The zero-order valence-electron chi connectivity index (χ0n) is 9.27. The predicted molar refractivity (Wildman–Crippen MR) is 63.4 cm³/mol. The molecule has 5 heteroatoms. The summed E-state index contributed by atoms with van der Waals surface area (Å²) in [6.45, 7) is 0. The van der Waals surface area contributed by atoms with Crippen molar-refractivity contribution in [3.8, 4) is 0 Å². The number of hydrazone groups is 1. The van der Waals surface area contributed by atoms with Crippen LogP contribution in [0, 0.1) is 0 Å². The minimum atomic E-state index is -1.05. The maximum Gasteiger partial charge on any atom is 0.329 e. The molecule has 0 saturated heterocycles. The van der Waals surface area contributed by atoms with Gasteiger partial charge in [-0.15, -0.1) is 0 Å². The van der Waals surface area contributed by atoms with Crippen LogP contribution in [0.25, 0.3) is 0 Å². The number of amides is 2. The Morgan fingerprint density at radius 1 is 1.29 bits per heavy atom. The summed E-state index contributed by atoms with van der Waals surface area (Å²) >= 11 is 0. The first kappa shape index (κ1) is 11.3. The van der Waals surface area contributed by atoms with E-state index in [-0.39, 0.29) is 0 Å². The standard InChI is InChI=1S/C12H13N3O2/c13-11(16)12(17)15-14-7-8-4-5-9-2-1-3-10(9)6-8/h4-7H,1-3H2,(H2,13,16)(H,15,17). The summed E-state index contributed by atoms with van der Waals surface area (Å²) in [5.74, 6) is -1.96. The van der Waals surface area contributed by atoms with Crippen molar-refractivity contribution in [1.29, 1.82) is 0 Å². The van der Waals surface area contributed by atoms with Gasteiger partial charge in [-0.25, -0.2) is 5.43 Å². The van der Waals surface area contributed by atoms with Crippen LogP contribution in [0.1, 0.15) is 23.1 Å². The van der Waals surface area contributed by atoms with E-state index in [0.29, 0.717) is 0 Å². The lowest BCUT2D eigenvalue weighted by Gasteiger charge is -2.00. The monoisotopic (exact) mass is 231 g/mol. The van der Waals surface area contributed by atoms with E-state index in [0.717, 1.165) is 18.4 Å². The minimum Gasteiger partial charge on any atom is -0.361 e. The lowest BCUT2D eigenvalue weighted by Crippen LogP contribution is -2.32. The minimum absolute atomic E-state index is 0.899. The molecule has 0 bridgehead atoms. The fourth-order valence-electron chi connectivity index (χ4n) is 1.89. The number of carbonyl (C=O) groups excluding carboxylic acids is 2. The third kappa shape index (κ3) is 2.69. The number of benzene rings is 1. The first-order valence-corrected chi connectivity index (χ1v) is 5.41. The van der Waals surface area contributed by atoms with Gasteiger partial charge < -0.3 is 5.73 Å². The van der Waals surface area contributed by atoms with Crippen molar-refractivity contribution in [2.45, 2.75) is 19.3 Å². The highest BCUT2D eigenvalue weighted by Crippen LogP contribution is 2.22. The fourth-order valence-corrected chi connectivity index (χ4v) is 1.89. The van der Waals surface area contributed by atoms with E-state index in [1.165, 1.54) is 23.8 Å². The highest BCUT2D eigenvalue weighted by atomic mass is 16.2. The summed E-state index contributed by atoms with van der Waals surface area (Å²) in [6.07, 6.45) is 4.91. The van der Waals surface area contributed by atoms with Crippen LogP contribution in [-0.2, 0) is 22.4 Å². The molecule has 0 fully saturated rings. The third-order valence-electron chi connectivity index (χ3n) is 2.73. The van der Waals surface area contributed by atoms with Crippen molar-refractivity contribution in [2.24, 2.45) is 10.8 Å². The molecule has 1 aliphatic rings. The van der Waals surface area contributed by atoms with E-state index < -0.39 is 11.8 Å². The molecule has 5 nitrogen and oxygen atoms in total. The summed E-state index contributed by atoms with van der Waals surface area (Å²) in [6, 6.07) is 6.05. The van der Waals surface area contributed by atoms with Gasteiger partial charge in [-0.1, -0.05) is 12.1 Å². The Labute approximate surface area is 98.7 Å². The third-order valence-corrected chi connectivity index (χ3v) is 2.73. The Bertz CT molecular complexity index is 495. The first-order chi connectivity index (χ1) is 8.16. The number of rotatable bonds is 2. The number of nitrogens with zero attached hydrogens (tertiary/aromatic N) is 1. The quantitative estimate of drug-likeness (QED) is 0.430. The second-order valence-electron chi connectivity index (χ2n) is 3.95. The van der Waals surface area contributed by atoms with Crippen molar-refractivity contribution in [3.05, 3.63) is 34.9 Å². The van der Waals surface area contributed by atoms with Crippen LogP contribution in [0.3, 0.4) is 0 Å². The Hall–Kier alpha value is -2.17. The lowest BCUT2D eigenvalue weighted by molar-refractivity contribution is -0.137. The van der Waals surface area contributed by atoms with Gasteiger partial charge >= 0.3 is 11.8 Å². The SMILES string of the molecule is NC(=O)C(=O)NN=Cc1ccc2c(c1)CCC2. The number of hydrogen-bond acceptors (Lipinski definition) is 3. The van der Waals surface area contributed by atoms with Crippen molar-refractivity contribution < 1.29 is 9.59 Å². The number of nitrogens with two attached hydrogens (primary N) is 1. The van der Waals surface area contributed by atoms with Gasteiger partial charge in [-0.3, -0.25) is 9.59 Å². The molecule has 0 heterocycles. The number of hydrogen-bond donors (Lipinski definition) is 2. The van der Waals surface area contributed by atoms with Gasteiger partial charge in [0.15, 0.2) is 0 Å². The van der Waals surface area contributed by atoms with Gasteiger partial charge in [0, 0.05) is 0 Å². The van der Waals surface area contributed by atoms with Crippen LogP contribution in [-0.4, -0.2) is 18.0 Å². The maximum absolute atomic E-state index is 10.8. The summed E-state index contributed by atoms with van der Waals surface area (Å²) in [7, 11) is 0. The zero-order chi connectivity index (χ0) is 12.3. The normalized spacial score (nSPS) is 13.6. The molecule has 88 valence electrons. The molecule has 0 unspecified atom stereocenters. The molecular weight excluding hydrogens is 218 g/mol. The Morgan fingerprint density at radius 3 is 2.82 bits per heavy atom. The van der Waals surface area contributed by atoms with Crippen molar-refractivity contribution in [1.82, 2.24) is 5.43 Å². The fraction of sp³-hybridized carbons (Fsp3) is 0.250. The van der Waals surface area contributed by atoms with Crippen LogP contribution >= 0.6 is 0 Å². The molecule has 1 aromatic rings. The second kappa shape index (κ2) is 4.78. The van der Waals surface area contributed by atoms with Crippen LogP contribution in [0.4, 0.5) is 0 Å². The number of fused-ring (bicyclic) bond motifs is 1. The summed E-state index contributed by atoms with van der Waals surface area (Å²) in [4.78, 5) is 21.3. The van der Waals surface area contributed by atoms with Crippen LogP contribution < -0.4 is 11.2 Å². The highest BCUT2D eigenvalue weighted by Gasteiger charge is 2.10. The first-order valence-electron chi connectivity index (χ1n) is 5.41. The topological polar surface area (TPSA) is 84.5 Å². The molecule has 1 aliphatic carbocycles. The molecule has 0 atom stereocenters. The summed E-state index contributed by atoms with van der Waals surface area (Å²) < 4.78 is 0. The van der Waals surface area contributed by atoms with Crippen LogP contribution in [0.15, 0.2) is 23.3 Å². The Kier molecular flexibility index (Phi) is 3.18. The predicted octanol–water partition coefficient (Wildman–Crippen LogP) is 0.111. The molecule has 2 rings (SSSR count). The molecule has 0 saturated carbocycles. The van der Waals surface area contributed by atoms with E-state index >= 15 is 0 Å². The maximum atomic E-state index is 10.8. The average molecular weight is 231 g/mol. The number of aryl methyl sites for hydroxylation is 2. The van der Waals surface area contributed by atoms with Crippen LogP contribution in [0.2, 0.25) is 0 Å². The van der Waals surface area contributed by atoms with E-state index in [2.05, 4.69) is 16.6 Å². The molecule has 1 aromatic carbocycles. The second-order valence-corrected chi connectivity index (χ2v) is 3.95. The molecule has 0 aromatic heterocycles. The van der Waals surface area contributed by atoms with Crippen molar-refractivity contribution in [2.75, 3.05) is 0 Å². The molecular formula is C12H13N3O2. The van der Waals surface area contributed by atoms with E-state index in [1.54, 1.807) is 0 Å². The average Bonchev–Trinajstić information content (AvgIpc) is 2.75. The number of nitrogens with one attached hydrogen (secondary N) is 1. The molecule has 0 aliphatic heterocycles. The van der Waals surface area contributed by atoms with Crippen molar-refractivity contribution in [3.63, 3.8) is 0 Å². The zero-order valence-corrected chi connectivity index (χ0v) is 9.27. The lowest BCUT2D eigenvalue weighted by atomic mass is 10.1. The number of primary amides is 1. The molecule has 0 radical (unpaired) electrons. The van der Waals surface area contributed by atoms with Gasteiger partial charge in [-0.05, 0) is 42.0 Å². The van der Waals surface area contributed by atoms with Gasteiger partial charge in [-0.2, -0.15) is 5.10 Å². The van der Waals surface area contributed by atoms with Crippen LogP contribution in [0.5, 0.6) is 0 Å². The molecule has 17 heavy (non-hydrogen) atoms. The number of carbonyl (C=O) groups is 2. The Morgan fingerprint density at radius 2 is 2.06 bits per heavy atom. The molecule has 3 N–H and O–H groups in total. The van der Waals surface area contributed by atoms with E-state index in [1.807, 2.05) is 12.1 Å². The van der Waals surface area contributed by atoms with Gasteiger partial charge in [0.05, 0.1) is 6.21 Å². The summed E-state index contributed by atoms with van der Waals surface area (Å²) in [5, 5.41) is 3.66. The Balaban J connectivity index is 2.02. The molecule has 2 amide bonds. The van der Waals surface area contributed by atoms with Crippen molar-refractivity contribution >= 4 is 18.0 Å². The largest absolute Gasteiger partial charge is 0.361 e.